The Labute approximate surface area is 89.6 Å². The molecule has 1 aromatic carbocycles. The molecule has 2 rings (SSSR count). The SMILES string of the molecule is CC(=O)Cc1cccc2n[nH]c(Br)c12. The van der Waals surface area contributed by atoms with Crippen LogP contribution in [0.25, 0.3) is 10.9 Å². The molecule has 0 saturated carbocycles. The lowest BCUT2D eigenvalue weighted by Gasteiger charge is -1.99. The van der Waals surface area contributed by atoms with Gasteiger partial charge in [-0.25, -0.2) is 0 Å². The maximum atomic E-state index is 11.0. The van der Waals surface area contributed by atoms with Gasteiger partial charge in [-0.05, 0) is 34.5 Å². The number of carbonyl (C=O) groups is 1. The van der Waals surface area contributed by atoms with Crippen LogP contribution in [0.5, 0.6) is 0 Å². The van der Waals surface area contributed by atoms with Crippen molar-refractivity contribution in [2.75, 3.05) is 0 Å². The predicted octanol–water partition coefficient (Wildman–Crippen LogP) is 2.46. The monoisotopic (exact) mass is 252 g/mol. The molecule has 0 aliphatic carbocycles. The highest BCUT2D eigenvalue weighted by Crippen LogP contribution is 2.25. The summed E-state index contributed by atoms with van der Waals surface area (Å²) in [5, 5.41) is 7.95. The average Bonchev–Trinajstić information content (AvgIpc) is 2.48. The molecule has 0 aliphatic rings. The molecule has 1 heterocycles. The molecule has 0 bridgehead atoms. The number of fused-ring (bicyclic) bond motifs is 1. The van der Waals surface area contributed by atoms with Crippen LogP contribution in [0.15, 0.2) is 22.8 Å². The van der Waals surface area contributed by atoms with Crippen LogP contribution in [-0.2, 0) is 11.2 Å². The number of nitrogens with zero attached hydrogens (tertiary/aromatic N) is 1. The Kier molecular flexibility index (Phi) is 2.37. The molecule has 0 unspecified atom stereocenters. The van der Waals surface area contributed by atoms with E-state index < -0.39 is 0 Å². The van der Waals surface area contributed by atoms with E-state index in [4.69, 9.17) is 0 Å². The molecule has 0 amide bonds. The van der Waals surface area contributed by atoms with E-state index in [-0.39, 0.29) is 5.78 Å². The van der Waals surface area contributed by atoms with E-state index in [1.54, 1.807) is 6.92 Å². The van der Waals surface area contributed by atoms with Gasteiger partial charge in [-0.2, -0.15) is 5.10 Å². The van der Waals surface area contributed by atoms with Crippen molar-refractivity contribution in [3.05, 3.63) is 28.4 Å². The molecular formula is C10H9BrN2O. The van der Waals surface area contributed by atoms with E-state index in [0.29, 0.717) is 6.42 Å². The van der Waals surface area contributed by atoms with Crippen LogP contribution in [-0.4, -0.2) is 16.0 Å². The van der Waals surface area contributed by atoms with E-state index in [0.717, 1.165) is 21.1 Å². The van der Waals surface area contributed by atoms with Crippen molar-refractivity contribution in [2.45, 2.75) is 13.3 Å². The summed E-state index contributed by atoms with van der Waals surface area (Å²) in [5.74, 6) is 0.158. The maximum Gasteiger partial charge on any atom is 0.134 e. The Bertz CT molecular complexity index is 490. The molecule has 3 nitrogen and oxygen atoms in total. The summed E-state index contributed by atoms with van der Waals surface area (Å²) in [6, 6.07) is 5.78. The van der Waals surface area contributed by atoms with Gasteiger partial charge in [-0.15, -0.1) is 0 Å². The first-order valence-corrected chi connectivity index (χ1v) is 5.08. The van der Waals surface area contributed by atoms with E-state index >= 15 is 0 Å². The Hall–Kier alpha value is -1.16. The summed E-state index contributed by atoms with van der Waals surface area (Å²) in [5.41, 5.74) is 1.89. The summed E-state index contributed by atoms with van der Waals surface area (Å²) in [6.07, 6.45) is 0.454. The number of benzene rings is 1. The van der Waals surface area contributed by atoms with Gasteiger partial charge in [0.15, 0.2) is 0 Å². The van der Waals surface area contributed by atoms with Crippen LogP contribution in [0.3, 0.4) is 0 Å². The first-order valence-electron chi connectivity index (χ1n) is 4.29. The number of aromatic amines is 1. The fraction of sp³-hybridized carbons (Fsp3) is 0.200. The molecule has 0 atom stereocenters. The van der Waals surface area contributed by atoms with Crippen LogP contribution in [0.2, 0.25) is 0 Å². The van der Waals surface area contributed by atoms with Gasteiger partial charge in [0.2, 0.25) is 0 Å². The fourth-order valence-electron chi connectivity index (χ4n) is 1.51. The summed E-state index contributed by atoms with van der Waals surface area (Å²) in [7, 11) is 0. The van der Waals surface area contributed by atoms with Gasteiger partial charge in [-0.3, -0.25) is 9.89 Å². The second kappa shape index (κ2) is 3.53. The Morgan fingerprint density at radius 1 is 1.57 bits per heavy atom. The van der Waals surface area contributed by atoms with Gasteiger partial charge >= 0.3 is 0 Å². The maximum absolute atomic E-state index is 11.0. The smallest absolute Gasteiger partial charge is 0.134 e. The second-order valence-electron chi connectivity index (χ2n) is 3.23. The van der Waals surface area contributed by atoms with E-state index in [1.807, 2.05) is 18.2 Å². The molecule has 0 saturated heterocycles. The van der Waals surface area contributed by atoms with E-state index in [1.165, 1.54) is 0 Å². The molecule has 0 fully saturated rings. The highest BCUT2D eigenvalue weighted by atomic mass is 79.9. The van der Waals surface area contributed by atoms with Gasteiger partial charge in [0.25, 0.3) is 0 Å². The Morgan fingerprint density at radius 2 is 2.36 bits per heavy atom. The number of carbonyl (C=O) groups excluding carboxylic acids is 1. The molecule has 0 spiro atoms. The topological polar surface area (TPSA) is 45.8 Å². The molecular weight excluding hydrogens is 244 g/mol. The van der Waals surface area contributed by atoms with Crippen molar-refractivity contribution in [3.8, 4) is 0 Å². The summed E-state index contributed by atoms with van der Waals surface area (Å²) in [6.45, 7) is 1.59. The number of aromatic nitrogens is 2. The fourth-order valence-corrected chi connectivity index (χ4v) is 2.06. The molecule has 0 aliphatic heterocycles. The number of rotatable bonds is 2. The number of hydrogen-bond donors (Lipinski definition) is 1. The third-order valence-corrected chi connectivity index (χ3v) is 2.64. The minimum atomic E-state index is 0.158. The van der Waals surface area contributed by atoms with E-state index in [2.05, 4.69) is 26.1 Å². The number of Topliss-reactive ketones (excluding diaryl/α,β-unsaturated/α-hetero) is 1. The second-order valence-corrected chi connectivity index (χ2v) is 4.02. The Balaban J connectivity index is 2.63. The molecule has 4 heteroatoms. The zero-order valence-electron chi connectivity index (χ0n) is 7.67. The summed E-state index contributed by atoms with van der Waals surface area (Å²) >= 11 is 3.38. The number of H-pyrrole nitrogens is 1. The normalized spacial score (nSPS) is 10.7. The Morgan fingerprint density at radius 3 is 3.07 bits per heavy atom. The third kappa shape index (κ3) is 1.57. The van der Waals surface area contributed by atoms with Crippen molar-refractivity contribution >= 4 is 32.6 Å². The third-order valence-electron chi connectivity index (χ3n) is 2.06. The van der Waals surface area contributed by atoms with Crippen LogP contribution in [0, 0.1) is 0 Å². The summed E-state index contributed by atoms with van der Waals surface area (Å²) < 4.78 is 0.837. The highest BCUT2D eigenvalue weighted by molar-refractivity contribution is 9.10. The number of halogens is 1. The van der Waals surface area contributed by atoms with Gasteiger partial charge in [-0.1, -0.05) is 12.1 Å². The number of ketones is 1. The largest absolute Gasteiger partial charge is 0.300 e. The highest BCUT2D eigenvalue weighted by Gasteiger charge is 2.08. The van der Waals surface area contributed by atoms with Crippen LogP contribution >= 0.6 is 15.9 Å². The lowest BCUT2D eigenvalue weighted by atomic mass is 10.1. The zero-order valence-corrected chi connectivity index (χ0v) is 9.26. The minimum Gasteiger partial charge on any atom is -0.300 e. The minimum absolute atomic E-state index is 0.158. The van der Waals surface area contributed by atoms with Crippen molar-refractivity contribution < 1.29 is 4.79 Å². The molecule has 1 aromatic heterocycles. The van der Waals surface area contributed by atoms with Crippen molar-refractivity contribution in [1.29, 1.82) is 0 Å². The zero-order chi connectivity index (χ0) is 10.1. The number of hydrogen-bond acceptors (Lipinski definition) is 2. The van der Waals surface area contributed by atoms with Crippen LogP contribution in [0.4, 0.5) is 0 Å². The summed E-state index contributed by atoms with van der Waals surface area (Å²) in [4.78, 5) is 11.0. The molecule has 0 radical (unpaired) electrons. The van der Waals surface area contributed by atoms with Gasteiger partial charge in [0, 0.05) is 11.8 Å². The molecule has 2 aromatic rings. The van der Waals surface area contributed by atoms with Crippen molar-refractivity contribution in [3.63, 3.8) is 0 Å². The average molecular weight is 253 g/mol. The predicted molar refractivity (Wildman–Crippen MR) is 58.2 cm³/mol. The van der Waals surface area contributed by atoms with Gasteiger partial charge in [0.05, 0.1) is 5.52 Å². The quantitative estimate of drug-likeness (QED) is 0.893. The molecule has 14 heavy (non-hydrogen) atoms. The van der Waals surface area contributed by atoms with Crippen molar-refractivity contribution in [1.82, 2.24) is 10.2 Å². The van der Waals surface area contributed by atoms with Gasteiger partial charge in [0.1, 0.15) is 10.4 Å². The van der Waals surface area contributed by atoms with Crippen LogP contribution < -0.4 is 0 Å². The van der Waals surface area contributed by atoms with Gasteiger partial charge < -0.3 is 0 Å². The first-order chi connectivity index (χ1) is 6.68. The van der Waals surface area contributed by atoms with Crippen molar-refractivity contribution in [2.24, 2.45) is 0 Å². The van der Waals surface area contributed by atoms with Crippen LogP contribution in [0.1, 0.15) is 12.5 Å². The molecule has 1 N–H and O–H groups in total. The first kappa shape index (κ1) is 9.40. The molecule has 72 valence electrons. The lowest BCUT2D eigenvalue weighted by molar-refractivity contribution is -0.116. The van der Waals surface area contributed by atoms with E-state index in [9.17, 15) is 4.79 Å². The lowest BCUT2D eigenvalue weighted by Crippen LogP contribution is -1.96. The standard InChI is InChI=1S/C10H9BrN2O/c1-6(14)5-7-3-2-4-8-9(7)10(11)13-12-8/h2-4H,5H2,1H3,(H,12,13). The number of nitrogens with one attached hydrogen (secondary N) is 1.